The zero-order valence-electron chi connectivity index (χ0n) is 10.5. The fourth-order valence-electron chi connectivity index (χ4n) is 3.49. The van der Waals surface area contributed by atoms with Gasteiger partial charge in [0.15, 0.2) is 0 Å². The lowest BCUT2D eigenvalue weighted by atomic mass is 9.68. The Morgan fingerprint density at radius 3 is 2.53 bits per heavy atom. The highest BCUT2D eigenvalue weighted by Crippen LogP contribution is 2.46. The van der Waals surface area contributed by atoms with Crippen molar-refractivity contribution in [1.29, 1.82) is 0 Å². The molecule has 0 N–H and O–H groups in total. The van der Waals surface area contributed by atoms with Crippen LogP contribution in [0.4, 0.5) is 5.69 Å². The number of nitrogens with zero attached hydrogens (tertiary/aromatic N) is 1. The second kappa shape index (κ2) is 4.31. The zero-order valence-corrected chi connectivity index (χ0v) is 12.1. The van der Waals surface area contributed by atoms with E-state index >= 15 is 0 Å². The van der Waals surface area contributed by atoms with Crippen LogP contribution in [0.2, 0.25) is 0 Å². The van der Waals surface area contributed by atoms with Crippen molar-refractivity contribution in [1.82, 2.24) is 0 Å². The molecule has 2 heteroatoms. The van der Waals surface area contributed by atoms with E-state index in [1.165, 1.54) is 60.9 Å². The number of halogens is 1. The molecule has 0 bridgehead atoms. The van der Waals surface area contributed by atoms with E-state index in [9.17, 15) is 0 Å². The molecule has 1 saturated heterocycles. The Hall–Kier alpha value is -0.500. The molecule has 1 aliphatic carbocycles. The number of benzene rings is 1. The van der Waals surface area contributed by atoms with Gasteiger partial charge in [-0.1, -0.05) is 41.3 Å². The fraction of sp³-hybridized carbons (Fsp3) is 0.600. The number of hydrogen-bond donors (Lipinski definition) is 0. The third-order valence-corrected chi connectivity index (χ3v) is 5.41. The van der Waals surface area contributed by atoms with Gasteiger partial charge in [0.2, 0.25) is 0 Å². The van der Waals surface area contributed by atoms with Crippen LogP contribution in [0.5, 0.6) is 0 Å². The summed E-state index contributed by atoms with van der Waals surface area (Å²) in [6.45, 7) is 4.78. The molecular formula is C15H20BrN. The van der Waals surface area contributed by atoms with E-state index in [2.05, 4.69) is 46.0 Å². The second-order valence-corrected chi connectivity index (χ2v) is 6.66. The normalized spacial score (nSPS) is 22.6. The fourth-order valence-corrected chi connectivity index (χ4v) is 3.85. The monoisotopic (exact) mass is 293 g/mol. The first-order chi connectivity index (χ1) is 8.20. The Morgan fingerprint density at radius 1 is 1.12 bits per heavy atom. The molecule has 0 atom stereocenters. The minimum atomic E-state index is 0.674. The summed E-state index contributed by atoms with van der Waals surface area (Å²) in [6.07, 6.45) is 7.27. The first-order valence-corrected chi connectivity index (χ1v) is 7.50. The third-order valence-electron chi connectivity index (χ3n) is 4.55. The maximum atomic E-state index is 3.63. The van der Waals surface area contributed by atoms with Gasteiger partial charge in [-0.25, -0.2) is 0 Å². The van der Waals surface area contributed by atoms with Crippen LogP contribution in [0.15, 0.2) is 22.7 Å². The van der Waals surface area contributed by atoms with Crippen molar-refractivity contribution in [3.63, 3.8) is 0 Å². The first kappa shape index (κ1) is 11.6. The summed E-state index contributed by atoms with van der Waals surface area (Å²) >= 11 is 3.63. The van der Waals surface area contributed by atoms with E-state index in [0.29, 0.717) is 5.41 Å². The molecule has 0 unspecified atom stereocenters. The lowest BCUT2D eigenvalue weighted by Crippen LogP contribution is -2.57. The molecule has 0 radical (unpaired) electrons. The minimum absolute atomic E-state index is 0.674. The molecule has 2 fully saturated rings. The van der Waals surface area contributed by atoms with E-state index < -0.39 is 0 Å². The average molecular weight is 294 g/mol. The van der Waals surface area contributed by atoms with Gasteiger partial charge in [0.25, 0.3) is 0 Å². The first-order valence-electron chi connectivity index (χ1n) is 6.70. The van der Waals surface area contributed by atoms with Crippen molar-refractivity contribution in [2.45, 2.75) is 39.0 Å². The predicted octanol–water partition coefficient (Wildman–Crippen LogP) is 4.53. The van der Waals surface area contributed by atoms with Crippen molar-refractivity contribution in [2.24, 2.45) is 5.41 Å². The van der Waals surface area contributed by atoms with Crippen LogP contribution in [0.3, 0.4) is 0 Å². The van der Waals surface area contributed by atoms with Gasteiger partial charge < -0.3 is 4.90 Å². The Balaban J connectivity index is 1.74. The SMILES string of the molecule is Cc1c(Br)cccc1N1CC2(CCCCC2)C1. The van der Waals surface area contributed by atoms with Crippen LogP contribution in [-0.4, -0.2) is 13.1 Å². The van der Waals surface area contributed by atoms with E-state index in [1.54, 1.807) is 0 Å². The number of rotatable bonds is 1. The maximum Gasteiger partial charge on any atom is 0.0407 e. The average Bonchev–Trinajstić information content (AvgIpc) is 2.31. The van der Waals surface area contributed by atoms with Crippen molar-refractivity contribution < 1.29 is 0 Å². The van der Waals surface area contributed by atoms with E-state index in [0.717, 1.165) is 0 Å². The quantitative estimate of drug-likeness (QED) is 0.735. The standard InChI is InChI=1S/C15H20BrN/c1-12-13(16)6-5-7-14(12)17-10-15(11-17)8-3-2-4-9-15/h5-7H,2-4,8-11H2,1H3. The molecular weight excluding hydrogens is 274 g/mol. The van der Waals surface area contributed by atoms with Crippen LogP contribution in [0.1, 0.15) is 37.7 Å². The van der Waals surface area contributed by atoms with Crippen LogP contribution in [-0.2, 0) is 0 Å². The summed E-state index contributed by atoms with van der Waals surface area (Å²) in [5.41, 5.74) is 3.49. The minimum Gasteiger partial charge on any atom is -0.370 e. The van der Waals surface area contributed by atoms with Crippen LogP contribution < -0.4 is 4.90 Å². The van der Waals surface area contributed by atoms with Crippen molar-refractivity contribution in [3.8, 4) is 0 Å². The highest BCUT2D eigenvalue weighted by atomic mass is 79.9. The predicted molar refractivity (Wildman–Crippen MR) is 76.6 cm³/mol. The molecule has 1 aromatic carbocycles. The van der Waals surface area contributed by atoms with E-state index in [-0.39, 0.29) is 0 Å². The second-order valence-electron chi connectivity index (χ2n) is 5.80. The molecule has 1 aliphatic heterocycles. The molecule has 1 spiro atoms. The van der Waals surface area contributed by atoms with Gasteiger partial charge >= 0.3 is 0 Å². The maximum absolute atomic E-state index is 3.63. The molecule has 92 valence electrons. The molecule has 17 heavy (non-hydrogen) atoms. The highest BCUT2D eigenvalue weighted by molar-refractivity contribution is 9.10. The molecule has 1 heterocycles. The van der Waals surface area contributed by atoms with Gasteiger partial charge in [-0.15, -0.1) is 0 Å². The largest absolute Gasteiger partial charge is 0.370 e. The van der Waals surface area contributed by atoms with Crippen molar-refractivity contribution >= 4 is 21.6 Å². The van der Waals surface area contributed by atoms with Gasteiger partial charge in [0.05, 0.1) is 0 Å². The third kappa shape index (κ3) is 2.01. The van der Waals surface area contributed by atoms with E-state index in [4.69, 9.17) is 0 Å². The molecule has 3 rings (SSSR count). The number of hydrogen-bond acceptors (Lipinski definition) is 1. The molecule has 0 amide bonds. The summed E-state index contributed by atoms with van der Waals surface area (Å²) < 4.78 is 1.24. The van der Waals surface area contributed by atoms with Crippen LogP contribution in [0.25, 0.3) is 0 Å². The van der Waals surface area contributed by atoms with E-state index in [1.807, 2.05) is 0 Å². The summed E-state index contributed by atoms with van der Waals surface area (Å²) in [5.74, 6) is 0. The van der Waals surface area contributed by atoms with Gasteiger partial charge in [-0.3, -0.25) is 0 Å². The summed E-state index contributed by atoms with van der Waals surface area (Å²) in [6, 6.07) is 6.54. The van der Waals surface area contributed by atoms with Gasteiger partial charge in [-0.05, 0) is 37.5 Å². The van der Waals surface area contributed by atoms with Gasteiger partial charge in [0, 0.05) is 28.7 Å². The van der Waals surface area contributed by atoms with Gasteiger partial charge in [-0.2, -0.15) is 0 Å². The Labute approximate surface area is 112 Å². The Bertz CT molecular complexity index is 413. The lowest BCUT2D eigenvalue weighted by Gasteiger charge is -2.54. The van der Waals surface area contributed by atoms with Crippen LogP contribution in [0, 0.1) is 12.3 Å². The van der Waals surface area contributed by atoms with Crippen molar-refractivity contribution in [2.75, 3.05) is 18.0 Å². The number of anilines is 1. The lowest BCUT2D eigenvalue weighted by molar-refractivity contribution is 0.139. The molecule has 0 aromatic heterocycles. The van der Waals surface area contributed by atoms with Gasteiger partial charge in [0.1, 0.15) is 0 Å². The van der Waals surface area contributed by atoms with Crippen LogP contribution >= 0.6 is 15.9 Å². The van der Waals surface area contributed by atoms with Crippen molar-refractivity contribution in [3.05, 3.63) is 28.2 Å². The molecule has 1 nitrogen and oxygen atoms in total. The summed E-state index contributed by atoms with van der Waals surface area (Å²) in [4.78, 5) is 2.56. The topological polar surface area (TPSA) is 3.24 Å². The smallest absolute Gasteiger partial charge is 0.0407 e. The Kier molecular flexibility index (Phi) is 2.94. The Morgan fingerprint density at radius 2 is 1.82 bits per heavy atom. The molecule has 1 saturated carbocycles. The molecule has 2 aliphatic rings. The summed E-state index contributed by atoms with van der Waals surface area (Å²) in [5, 5.41) is 0. The zero-order chi connectivity index (χ0) is 11.9. The molecule has 1 aromatic rings. The highest BCUT2D eigenvalue weighted by Gasteiger charge is 2.43. The summed E-state index contributed by atoms with van der Waals surface area (Å²) in [7, 11) is 0.